The first kappa shape index (κ1) is 15.5. The van der Waals surface area contributed by atoms with E-state index in [1.165, 1.54) is 12.1 Å². The molecular weight excluding hydrogens is 311 g/mol. The van der Waals surface area contributed by atoms with Crippen LogP contribution in [0.15, 0.2) is 42.5 Å². The highest BCUT2D eigenvalue weighted by Gasteiger charge is 2.22. The minimum Gasteiger partial charge on any atom is -0.462 e. The highest BCUT2D eigenvalue weighted by atomic mass is 35.5. The minimum atomic E-state index is -0.578. The third-order valence-electron chi connectivity index (χ3n) is 2.82. The molecule has 0 aliphatic heterocycles. The molecule has 0 aliphatic rings. The summed E-state index contributed by atoms with van der Waals surface area (Å²) in [6.45, 7) is 1.91. The number of carbonyl (C=O) groups is 2. The van der Waals surface area contributed by atoms with Crippen molar-refractivity contribution in [2.24, 2.45) is 0 Å². The summed E-state index contributed by atoms with van der Waals surface area (Å²) in [6.07, 6.45) is 0. The Morgan fingerprint density at radius 1 is 1.10 bits per heavy atom. The average molecular weight is 323 g/mol. The van der Waals surface area contributed by atoms with Gasteiger partial charge in [-0.05, 0) is 31.2 Å². The predicted molar refractivity (Wildman–Crippen MR) is 82.3 cm³/mol. The lowest BCUT2D eigenvalue weighted by Gasteiger charge is -2.10. The maximum absolute atomic E-state index is 12.6. The standard InChI is InChI=1S/C16H12Cl2O3/c1-2-21-16(20)12-7-4-8-13(18)14(12)15(19)10-5-3-6-11(17)9-10/h3-9H,2H2,1H3. The van der Waals surface area contributed by atoms with E-state index in [9.17, 15) is 9.59 Å². The van der Waals surface area contributed by atoms with Crippen LogP contribution in [0.25, 0.3) is 0 Å². The molecule has 0 atom stereocenters. The summed E-state index contributed by atoms with van der Waals surface area (Å²) in [5, 5.41) is 0.635. The van der Waals surface area contributed by atoms with Crippen LogP contribution in [0, 0.1) is 0 Å². The van der Waals surface area contributed by atoms with Crippen LogP contribution in [0.3, 0.4) is 0 Å². The average Bonchev–Trinajstić information content (AvgIpc) is 2.46. The quantitative estimate of drug-likeness (QED) is 0.619. The molecule has 0 spiro atoms. The second kappa shape index (κ2) is 6.74. The van der Waals surface area contributed by atoms with E-state index < -0.39 is 5.97 Å². The largest absolute Gasteiger partial charge is 0.462 e. The van der Waals surface area contributed by atoms with E-state index in [0.717, 1.165) is 0 Å². The van der Waals surface area contributed by atoms with Gasteiger partial charge in [0.25, 0.3) is 0 Å². The Bertz CT molecular complexity index is 696. The normalized spacial score (nSPS) is 10.2. The Labute approximate surface area is 132 Å². The molecule has 2 rings (SSSR count). The summed E-state index contributed by atoms with van der Waals surface area (Å²) < 4.78 is 4.96. The molecule has 0 unspecified atom stereocenters. The molecule has 0 aromatic heterocycles. The van der Waals surface area contributed by atoms with Gasteiger partial charge in [-0.25, -0.2) is 4.79 Å². The van der Waals surface area contributed by atoms with Crippen molar-refractivity contribution in [3.63, 3.8) is 0 Å². The number of hydrogen-bond acceptors (Lipinski definition) is 3. The van der Waals surface area contributed by atoms with Crippen molar-refractivity contribution < 1.29 is 14.3 Å². The Balaban J connectivity index is 2.52. The summed E-state index contributed by atoms with van der Waals surface area (Å²) >= 11 is 12.0. The number of hydrogen-bond donors (Lipinski definition) is 0. The molecule has 21 heavy (non-hydrogen) atoms. The zero-order chi connectivity index (χ0) is 15.4. The number of esters is 1. The molecule has 0 saturated carbocycles. The van der Waals surface area contributed by atoms with Gasteiger partial charge in [-0.3, -0.25) is 4.79 Å². The van der Waals surface area contributed by atoms with E-state index in [1.807, 2.05) is 0 Å². The van der Waals surface area contributed by atoms with E-state index in [4.69, 9.17) is 27.9 Å². The molecule has 0 amide bonds. The fourth-order valence-electron chi connectivity index (χ4n) is 1.91. The minimum absolute atomic E-state index is 0.125. The van der Waals surface area contributed by atoms with Gasteiger partial charge in [-0.15, -0.1) is 0 Å². The summed E-state index contributed by atoms with van der Waals surface area (Å²) in [7, 11) is 0. The number of benzene rings is 2. The molecule has 0 radical (unpaired) electrons. The Kier molecular flexibility index (Phi) is 4.99. The van der Waals surface area contributed by atoms with E-state index in [1.54, 1.807) is 37.3 Å². The number of ketones is 1. The van der Waals surface area contributed by atoms with Crippen molar-refractivity contribution in [1.29, 1.82) is 0 Å². The molecule has 2 aromatic rings. The lowest BCUT2D eigenvalue weighted by molar-refractivity contribution is 0.0523. The number of rotatable bonds is 4. The predicted octanol–water partition coefficient (Wildman–Crippen LogP) is 4.40. The van der Waals surface area contributed by atoms with Crippen LogP contribution in [0.1, 0.15) is 33.2 Å². The smallest absolute Gasteiger partial charge is 0.338 e. The van der Waals surface area contributed by atoms with E-state index >= 15 is 0 Å². The lowest BCUT2D eigenvalue weighted by atomic mass is 9.98. The van der Waals surface area contributed by atoms with Crippen molar-refractivity contribution in [2.45, 2.75) is 6.92 Å². The molecule has 2 aromatic carbocycles. The van der Waals surface area contributed by atoms with Crippen LogP contribution in [-0.2, 0) is 4.74 Å². The Morgan fingerprint density at radius 3 is 2.48 bits per heavy atom. The van der Waals surface area contributed by atoms with E-state index in [2.05, 4.69) is 0 Å². The molecule has 108 valence electrons. The van der Waals surface area contributed by atoms with Gasteiger partial charge >= 0.3 is 5.97 Å². The molecule has 0 fully saturated rings. The Morgan fingerprint density at radius 2 is 1.81 bits per heavy atom. The van der Waals surface area contributed by atoms with Gasteiger partial charge in [-0.2, -0.15) is 0 Å². The zero-order valence-electron chi connectivity index (χ0n) is 11.2. The second-order valence-corrected chi connectivity index (χ2v) is 5.07. The van der Waals surface area contributed by atoms with Gasteiger partial charge in [0.05, 0.1) is 22.8 Å². The highest BCUT2D eigenvalue weighted by Crippen LogP contribution is 2.25. The van der Waals surface area contributed by atoms with Gasteiger partial charge in [0, 0.05) is 10.6 Å². The van der Waals surface area contributed by atoms with E-state index in [0.29, 0.717) is 10.6 Å². The second-order valence-electron chi connectivity index (χ2n) is 4.22. The van der Waals surface area contributed by atoms with Gasteiger partial charge in [0.2, 0.25) is 0 Å². The summed E-state index contributed by atoms with van der Waals surface area (Å²) in [4.78, 5) is 24.6. The SMILES string of the molecule is CCOC(=O)c1cccc(Cl)c1C(=O)c1cccc(Cl)c1. The van der Waals surface area contributed by atoms with Crippen LogP contribution in [0.4, 0.5) is 0 Å². The van der Waals surface area contributed by atoms with Crippen molar-refractivity contribution in [3.8, 4) is 0 Å². The maximum Gasteiger partial charge on any atom is 0.338 e. The maximum atomic E-state index is 12.6. The molecule has 0 aliphatic carbocycles. The fraction of sp³-hybridized carbons (Fsp3) is 0.125. The molecular formula is C16H12Cl2O3. The van der Waals surface area contributed by atoms with Crippen molar-refractivity contribution in [1.82, 2.24) is 0 Å². The first-order chi connectivity index (χ1) is 10.0. The lowest BCUT2D eigenvalue weighted by Crippen LogP contribution is -2.13. The van der Waals surface area contributed by atoms with Crippen LogP contribution >= 0.6 is 23.2 Å². The van der Waals surface area contributed by atoms with Crippen LogP contribution in [0.5, 0.6) is 0 Å². The summed E-state index contributed by atoms with van der Waals surface area (Å²) in [6, 6.07) is 11.1. The molecule has 0 heterocycles. The van der Waals surface area contributed by atoms with Gasteiger partial charge in [0.1, 0.15) is 0 Å². The van der Waals surface area contributed by atoms with Gasteiger partial charge < -0.3 is 4.74 Å². The third-order valence-corrected chi connectivity index (χ3v) is 3.37. The molecule has 0 N–H and O–H groups in total. The highest BCUT2D eigenvalue weighted by molar-refractivity contribution is 6.36. The molecule has 0 saturated heterocycles. The van der Waals surface area contributed by atoms with Crippen LogP contribution in [0.2, 0.25) is 10.0 Å². The number of halogens is 2. The molecule has 3 nitrogen and oxygen atoms in total. The van der Waals surface area contributed by atoms with Crippen molar-refractivity contribution >= 4 is 35.0 Å². The van der Waals surface area contributed by atoms with Gasteiger partial charge in [0.15, 0.2) is 5.78 Å². The van der Waals surface area contributed by atoms with Crippen molar-refractivity contribution in [3.05, 3.63) is 69.2 Å². The van der Waals surface area contributed by atoms with Crippen molar-refractivity contribution in [2.75, 3.05) is 6.61 Å². The molecule has 5 heteroatoms. The third kappa shape index (κ3) is 3.43. The van der Waals surface area contributed by atoms with E-state index in [-0.39, 0.29) is 28.5 Å². The first-order valence-electron chi connectivity index (χ1n) is 6.30. The van der Waals surface area contributed by atoms with Gasteiger partial charge in [-0.1, -0.05) is 41.4 Å². The topological polar surface area (TPSA) is 43.4 Å². The fourth-order valence-corrected chi connectivity index (χ4v) is 2.36. The zero-order valence-corrected chi connectivity index (χ0v) is 12.7. The monoisotopic (exact) mass is 322 g/mol. The number of carbonyl (C=O) groups excluding carboxylic acids is 2. The number of ether oxygens (including phenoxy) is 1. The Hall–Kier alpha value is -1.84. The van der Waals surface area contributed by atoms with Crippen LogP contribution in [-0.4, -0.2) is 18.4 Å². The van der Waals surface area contributed by atoms with Crippen LogP contribution < -0.4 is 0 Å². The summed E-state index contributed by atoms with van der Waals surface area (Å²) in [5.41, 5.74) is 0.635. The molecule has 0 bridgehead atoms. The first-order valence-corrected chi connectivity index (χ1v) is 7.06. The summed E-state index contributed by atoms with van der Waals surface area (Å²) in [5.74, 6) is -0.948.